The molecule has 136 valence electrons. The van der Waals surface area contributed by atoms with Crippen LogP contribution in [0.25, 0.3) is 6.08 Å². The molecular weight excluding hydrogens is 332 g/mol. The van der Waals surface area contributed by atoms with Crippen LogP contribution in [0.3, 0.4) is 0 Å². The van der Waals surface area contributed by atoms with Crippen molar-refractivity contribution in [1.29, 1.82) is 0 Å². The van der Waals surface area contributed by atoms with Crippen LogP contribution in [0, 0.1) is 6.92 Å². The van der Waals surface area contributed by atoms with Gasteiger partial charge in [-0.2, -0.15) is 0 Å². The van der Waals surface area contributed by atoms with E-state index >= 15 is 0 Å². The van der Waals surface area contributed by atoms with E-state index in [0.717, 1.165) is 11.1 Å². The molecule has 6 heteroatoms. The summed E-state index contributed by atoms with van der Waals surface area (Å²) in [5, 5.41) is 0. The molecule has 0 saturated heterocycles. The number of methoxy groups -OCH3 is 1. The lowest BCUT2D eigenvalue weighted by Gasteiger charge is -2.09. The van der Waals surface area contributed by atoms with Gasteiger partial charge >= 0.3 is 0 Å². The van der Waals surface area contributed by atoms with Gasteiger partial charge in [0, 0.05) is 11.6 Å². The van der Waals surface area contributed by atoms with Crippen molar-refractivity contribution in [2.45, 2.75) is 13.8 Å². The van der Waals surface area contributed by atoms with Gasteiger partial charge in [0.1, 0.15) is 0 Å². The number of hydrogen-bond donors (Lipinski definition) is 2. The molecule has 0 aromatic heterocycles. The van der Waals surface area contributed by atoms with Crippen molar-refractivity contribution in [2.75, 3.05) is 13.7 Å². The molecule has 2 aromatic carbocycles. The Labute approximate surface area is 152 Å². The molecule has 2 N–H and O–H groups in total. The lowest BCUT2D eigenvalue weighted by molar-refractivity contribution is -0.117. The van der Waals surface area contributed by atoms with E-state index in [0.29, 0.717) is 23.7 Å². The fourth-order valence-electron chi connectivity index (χ4n) is 2.29. The molecule has 0 heterocycles. The Kier molecular flexibility index (Phi) is 6.79. The van der Waals surface area contributed by atoms with Crippen molar-refractivity contribution in [1.82, 2.24) is 10.9 Å². The lowest BCUT2D eigenvalue weighted by Crippen LogP contribution is -2.41. The third kappa shape index (κ3) is 5.11. The zero-order chi connectivity index (χ0) is 18.9. The van der Waals surface area contributed by atoms with Gasteiger partial charge in [-0.05, 0) is 49.2 Å². The number of carbonyl (C=O) groups excluding carboxylic acids is 2. The predicted molar refractivity (Wildman–Crippen MR) is 100.0 cm³/mol. The molecule has 2 rings (SSSR count). The van der Waals surface area contributed by atoms with E-state index in [1.807, 2.05) is 26.0 Å². The topological polar surface area (TPSA) is 76.7 Å². The van der Waals surface area contributed by atoms with Gasteiger partial charge in [-0.3, -0.25) is 20.4 Å². The predicted octanol–water partition coefficient (Wildman–Crippen LogP) is 2.88. The summed E-state index contributed by atoms with van der Waals surface area (Å²) < 4.78 is 10.7. The smallest absolute Gasteiger partial charge is 0.269 e. The highest BCUT2D eigenvalue weighted by molar-refractivity contribution is 5.98. The summed E-state index contributed by atoms with van der Waals surface area (Å²) in [6.07, 6.45) is 2.95. The van der Waals surface area contributed by atoms with Crippen molar-refractivity contribution in [3.63, 3.8) is 0 Å². The Morgan fingerprint density at radius 3 is 2.54 bits per heavy atom. The van der Waals surface area contributed by atoms with Crippen molar-refractivity contribution in [2.24, 2.45) is 0 Å². The minimum atomic E-state index is -0.444. The number of nitrogens with one attached hydrogen (secondary N) is 2. The maximum atomic E-state index is 12.1. The Balaban J connectivity index is 1.96. The number of benzene rings is 2. The second-order valence-electron chi connectivity index (χ2n) is 5.43. The van der Waals surface area contributed by atoms with Gasteiger partial charge in [0.15, 0.2) is 11.5 Å². The highest BCUT2D eigenvalue weighted by atomic mass is 16.5. The van der Waals surface area contributed by atoms with Crippen LogP contribution in [0.1, 0.15) is 28.4 Å². The molecule has 0 unspecified atom stereocenters. The number of rotatable bonds is 6. The van der Waals surface area contributed by atoms with Crippen molar-refractivity contribution >= 4 is 17.9 Å². The first-order valence-electron chi connectivity index (χ1n) is 8.20. The van der Waals surface area contributed by atoms with Crippen molar-refractivity contribution in [3.8, 4) is 11.5 Å². The van der Waals surface area contributed by atoms with Gasteiger partial charge in [-0.1, -0.05) is 24.3 Å². The summed E-state index contributed by atoms with van der Waals surface area (Å²) in [5.41, 5.74) is 6.86. The molecule has 6 nitrogen and oxygen atoms in total. The SMILES string of the molecule is CCOc1cc(/C=C/C(=O)NNC(=O)c2ccccc2C)ccc1OC. The summed E-state index contributed by atoms with van der Waals surface area (Å²) in [4.78, 5) is 24.0. The summed E-state index contributed by atoms with van der Waals surface area (Å²) in [5.74, 6) is 0.415. The zero-order valence-corrected chi connectivity index (χ0v) is 15.0. The third-order valence-corrected chi connectivity index (χ3v) is 3.60. The van der Waals surface area contributed by atoms with E-state index in [4.69, 9.17) is 9.47 Å². The summed E-state index contributed by atoms with van der Waals surface area (Å²) in [6.45, 7) is 4.22. The van der Waals surface area contributed by atoms with Gasteiger partial charge in [-0.15, -0.1) is 0 Å². The van der Waals surface area contributed by atoms with Crippen LogP contribution >= 0.6 is 0 Å². The van der Waals surface area contributed by atoms with E-state index in [1.54, 1.807) is 43.5 Å². The minimum Gasteiger partial charge on any atom is -0.493 e. The number of amides is 2. The molecule has 0 fully saturated rings. The summed E-state index contributed by atoms with van der Waals surface area (Å²) in [7, 11) is 1.57. The first kappa shape index (κ1) is 19.1. The monoisotopic (exact) mass is 354 g/mol. The van der Waals surface area contributed by atoms with E-state index < -0.39 is 5.91 Å². The van der Waals surface area contributed by atoms with E-state index in [-0.39, 0.29) is 5.91 Å². The standard InChI is InChI=1S/C20H22N2O4/c1-4-26-18-13-15(9-11-17(18)25-3)10-12-19(23)21-22-20(24)16-8-6-5-7-14(16)2/h5-13H,4H2,1-3H3,(H,21,23)(H,22,24)/b12-10+. The Bertz CT molecular complexity index is 815. The number of carbonyl (C=O) groups is 2. The molecule has 0 aliphatic carbocycles. The average molecular weight is 354 g/mol. The van der Waals surface area contributed by atoms with Gasteiger partial charge in [0.25, 0.3) is 11.8 Å². The van der Waals surface area contributed by atoms with Crippen LogP contribution in [0.5, 0.6) is 11.5 Å². The van der Waals surface area contributed by atoms with Gasteiger partial charge in [-0.25, -0.2) is 0 Å². The third-order valence-electron chi connectivity index (χ3n) is 3.60. The molecule has 0 aliphatic rings. The molecule has 26 heavy (non-hydrogen) atoms. The van der Waals surface area contributed by atoms with Crippen LogP contribution < -0.4 is 20.3 Å². The average Bonchev–Trinajstić information content (AvgIpc) is 2.65. The van der Waals surface area contributed by atoms with E-state index in [9.17, 15) is 9.59 Å². The van der Waals surface area contributed by atoms with Crippen molar-refractivity contribution < 1.29 is 19.1 Å². The molecule has 0 aliphatic heterocycles. The number of ether oxygens (including phenoxy) is 2. The van der Waals surface area contributed by atoms with Crippen LogP contribution in [0.2, 0.25) is 0 Å². The maximum Gasteiger partial charge on any atom is 0.269 e. The van der Waals surface area contributed by atoms with Crippen LogP contribution in [0.4, 0.5) is 0 Å². The number of hydrogen-bond acceptors (Lipinski definition) is 4. The van der Waals surface area contributed by atoms with Gasteiger partial charge in [0.05, 0.1) is 13.7 Å². The van der Waals surface area contributed by atoms with Gasteiger partial charge in [0.2, 0.25) is 0 Å². The summed E-state index contributed by atoms with van der Waals surface area (Å²) >= 11 is 0. The quantitative estimate of drug-likeness (QED) is 0.618. The second-order valence-corrected chi connectivity index (χ2v) is 5.43. The van der Waals surface area contributed by atoms with E-state index in [2.05, 4.69) is 10.9 Å². The molecule has 0 atom stereocenters. The van der Waals surface area contributed by atoms with Crippen LogP contribution in [-0.2, 0) is 4.79 Å². The largest absolute Gasteiger partial charge is 0.493 e. The first-order chi connectivity index (χ1) is 12.5. The molecule has 0 bridgehead atoms. The van der Waals surface area contributed by atoms with Gasteiger partial charge < -0.3 is 9.47 Å². The fourth-order valence-corrected chi connectivity index (χ4v) is 2.29. The highest BCUT2D eigenvalue weighted by Crippen LogP contribution is 2.28. The lowest BCUT2D eigenvalue weighted by atomic mass is 10.1. The second kappa shape index (κ2) is 9.27. The van der Waals surface area contributed by atoms with E-state index in [1.165, 1.54) is 6.08 Å². The molecule has 2 amide bonds. The first-order valence-corrected chi connectivity index (χ1v) is 8.20. The van der Waals surface area contributed by atoms with Crippen molar-refractivity contribution in [3.05, 3.63) is 65.2 Å². The highest BCUT2D eigenvalue weighted by Gasteiger charge is 2.08. The summed E-state index contributed by atoms with van der Waals surface area (Å²) in [6, 6.07) is 12.5. The normalized spacial score (nSPS) is 10.4. The number of hydrazine groups is 1. The van der Waals surface area contributed by atoms with Crippen LogP contribution in [0.15, 0.2) is 48.5 Å². The number of aryl methyl sites for hydroxylation is 1. The fraction of sp³-hybridized carbons (Fsp3) is 0.200. The minimum absolute atomic E-state index is 0.368. The Morgan fingerprint density at radius 2 is 1.85 bits per heavy atom. The molecule has 0 spiro atoms. The molecular formula is C20H22N2O4. The Morgan fingerprint density at radius 1 is 1.08 bits per heavy atom. The molecule has 0 saturated carbocycles. The zero-order valence-electron chi connectivity index (χ0n) is 15.0. The molecule has 0 radical (unpaired) electrons. The molecule has 2 aromatic rings. The van der Waals surface area contributed by atoms with Crippen LogP contribution in [-0.4, -0.2) is 25.5 Å². The maximum absolute atomic E-state index is 12.1. The Hall–Kier alpha value is -3.28.